The molecule has 1 aliphatic carbocycles. The number of aliphatic hydroxyl groups is 1. The molecule has 1 aliphatic heterocycles. The Balaban J connectivity index is 1.64. The average molecular weight is 339 g/mol. The molecule has 128 valence electrons. The van der Waals surface area contributed by atoms with Gasteiger partial charge < -0.3 is 10.0 Å². The maximum Gasteiger partial charge on any atom is 0.240 e. The van der Waals surface area contributed by atoms with Gasteiger partial charge in [0.1, 0.15) is 0 Å². The Kier molecular flexibility index (Phi) is 5.21. The average Bonchev–Trinajstić information content (AvgIpc) is 3.35. The molecule has 1 aromatic carbocycles. The molecule has 2 fully saturated rings. The number of hydrogen-bond donors (Lipinski definition) is 2. The van der Waals surface area contributed by atoms with E-state index in [-0.39, 0.29) is 12.6 Å². The van der Waals surface area contributed by atoms with E-state index < -0.39 is 10.0 Å². The summed E-state index contributed by atoms with van der Waals surface area (Å²) in [4.78, 5) is 4.88. The molecule has 1 saturated carbocycles. The molecule has 1 saturated heterocycles. The van der Waals surface area contributed by atoms with E-state index in [1.807, 2.05) is 12.1 Å². The van der Waals surface area contributed by atoms with Crippen LogP contribution in [0.4, 0.5) is 5.69 Å². The molecule has 0 atom stereocenters. The lowest BCUT2D eigenvalue weighted by Crippen LogP contribution is -2.32. The second-order valence-corrected chi connectivity index (χ2v) is 8.01. The van der Waals surface area contributed by atoms with Crippen molar-refractivity contribution < 1.29 is 13.5 Å². The van der Waals surface area contributed by atoms with Crippen molar-refractivity contribution in [2.24, 2.45) is 0 Å². The summed E-state index contributed by atoms with van der Waals surface area (Å²) in [5, 5.41) is 9.05. The van der Waals surface area contributed by atoms with Crippen LogP contribution in [0, 0.1) is 0 Å². The molecule has 0 bridgehead atoms. The Morgan fingerprint density at radius 2 is 1.83 bits per heavy atom. The van der Waals surface area contributed by atoms with E-state index in [9.17, 15) is 8.42 Å². The fourth-order valence-electron chi connectivity index (χ4n) is 2.92. The quantitative estimate of drug-likeness (QED) is 0.795. The largest absolute Gasteiger partial charge is 0.395 e. The lowest BCUT2D eigenvalue weighted by Gasteiger charge is -2.23. The van der Waals surface area contributed by atoms with Crippen molar-refractivity contribution >= 4 is 15.7 Å². The topological polar surface area (TPSA) is 72.9 Å². The Morgan fingerprint density at radius 1 is 1.09 bits per heavy atom. The van der Waals surface area contributed by atoms with Gasteiger partial charge in [-0.15, -0.1) is 0 Å². The van der Waals surface area contributed by atoms with Gasteiger partial charge in [0, 0.05) is 37.9 Å². The molecular weight excluding hydrogens is 314 g/mol. The van der Waals surface area contributed by atoms with Gasteiger partial charge in [-0.3, -0.25) is 4.90 Å². The molecule has 7 heteroatoms. The maximum absolute atomic E-state index is 12.2. The van der Waals surface area contributed by atoms with Gasteiger partial charge in [0.15, 0.2) is 0 Å². The molecule has 6 nitrogen and oxygen atoms in total. The van der Waals surface area contributed by atoms with Gasteiger partial charge in [-0.05, 0) is 50.1 Å². The van der Waals surface area contributed by atoms with Gasteiger partial charge in [0.05, 0.1) is 11.5 Å². The summed E-state index contributed by atoms with van der Waals surface area (Å²) in [7, 11) is -3.37. The maximum atomic E-state index is 12.2. The highest BCUT2D eigenvalue weighted by Gasteiger charge is 2.28. The molecule has 3 rings (SSSR count). The Bertz CT molecular complexity index is 614. The van der Waals surface area contributed by atoms with Crippen LogP contribution in [0.3, 0.4) is 0 Å². The summed E-state index contributed by atoms with van der Waals surface area (Å²) >= 11 is 0. The number of nitrogens with zero attached hydrogens (tertiary/aromatic N) is 2. The Labute approximate surface area is 138 Å². The van der Waals surface area contributed by atoms with Crippen LogP contribution in [-0.4, -0.2) is 63.8 Å². The number of β-amino-alcohol motifs (C(OH)–C–C–N with tert-alkyl or cyclic N) is 1. The number of anilines is 1. The first-order valence-electron chi connectivity index (χ1n) is 8.29. The smallest absolute Gasteiger partial charge is 0.240 e. The van der Waals surface area contributed by atoms with Crippen LogP contribution in [0.1, 0.15) is 19.3 Å². The molecular formula is C16H25N3O3S. The zero-order chi connectivity index (χ0) is 16.3. The fourth-order valence-corrected chi connectivity index (χ4v) is 4.22. The van der Waals surface area contributed by atoms with E-state index in [1.54, 1.807) is 12.1 Å². The second kappa shape index (κ2) is 7.17. The third-order valence-corrected chi connectivity index (χ3v) is 5.95. The van der Waals surface area contributed by atoms with Crippen molar-refractivity contribution in [2.45, 2.75) is 30.2 Å². The number of rotatable bonds is 6. The van der Waals surface area contributed by atoms with Crippen LogP contribution in [0.5, 0.6) is 0 Å². The first-order chi connectivity index (χ1) is 11.1. The molecule has 0 spiro atoms. The minimum Gasteiger partial charge on any atom is -0.395 e. The van der Waals surface area contributed by atoms with Gasteiger partial charge in [0.25, 0.3) is 0 Å². The van der Waals surface area contributed by atoms with Gasteiger partial charge in [-0.1, -0.05) is 0 Å². The van der Waals surface area contributed by atoms with Crippen LogP contribution in [0.2, 0.25) is 0 Å². The summed E-state index contributed by atoms with van der Waals surface area (Å²) in [5.41, 5.74) is 1.06. The van der Waals surface area contributed by atoms with Crippen LogP contribution in [0.15, 0.2) is 29.2 Å². The summed E-state index contributed by atoms with van der Waals surface area (Å²) in [6.45, 7) is 4.68. The molecule has 2 N–H and O–H groups in total. The Morgan fingerprint density at radius 3 is 2.48 bits per heavy atom. The first kappa shape index (κ1) is 16.7. The molecule has 0 radical (unpaired) electrons. The van der Waals surface area contributed by atoms with E-state index in [1.165, 1.54) is 0 Å². The van der Waals surface area contributed by atoms with Crippen molar-refractivity contribution in [2.75, 3.05) is 44.2 Å². The zero-order valence-electron chi connectivity index (χ0n) is 13.3. The van der Waals surface area contributed by atoms with Gasteiger partial charge in [-0.2, -0.15) is 0 Å². The van der Waals surface area contributed by atoms with Crippen LogP contribution in [0.25, 0.3) is 0 Å². The molecule has 1 heterocycles. The highest BCUT2D eigenvalue weighted by Crippen LogP contribution is 2.24. The number of aliphatic hydroxyl groups excluding tert-OH is 1. The van der Waals surface area contributed by atoms with Crippen LogP contribution >= 0.6 is 0 Å². The zero-order valence-corrected chi connectivity index (χ0v) is 14.1. The lowest BCUT2D eigenvalue weighted by atomic mass is 10.2. The third kappa shape index (κ3) is 4.44. The van der Waals surface area contributed by atoms with E-state index in [2.05, 4.69) is 14.5 Å². The van der Waals surface area contributed by atoms with Crippen molar-refractivity contribution in [3.63, 3.8) is 0 Å². The SMILES string of the molecule is O=S(=O)(NC1CC1)c1ccc(N2CCCN(CCO)CC2)cc1. The van der Waals surface area contributed by atoms with Gasteiger partial charge in [0.2, 0.25) is 10.0 Å². The van der Waals surface area contributed by atoms with Crippen LogP contribution < -0.4 is 9.62 Å². The number of benzene rings is 1. The molecule has 0 aromatic heterocycles. The molecule has 1 aromatic rings. The van der Waals surface area contributed by atoms with Crippen molar-refractivity contribution in [3.8, 4) is 0 Å². The lowest BCUT2D eigenvalue weighted by molar-refractivity contribution is 0.204. The third-order valence-electron chi connectivity index (χ3n) is 4.42. The highest BCUT2D eigenvalue weighted by molar-refractivity contribution is 7.89. The molecule has 0 amide bonds. The molecule has 0 unspecified atom stereocenters. The number of hydrogen-bond acceptors (Lipinski definition) is 5. The fraction of sp³-hybridized carbons (Fsp3) is 0.625. The standard InChI is InChI=1S/C16H25N3O3S/c20-13-12-18-8-1-9-19(11-10-18)15-4-6-16(7-5-15)23(21,22)17-14-2-3-14/h4-7,14,17,20H,1-3,8-13H2. The van der Waals surface area contributed by atoms with Gasteiger partial charge >= 0.3 is 0 Å². The predicted octanol–water partition coefficient (Wildman–Crippen LogP) is 0.632. The second-order valence-electron chi connectivity index (χ2n) is 6.30. The minimum atomic E-state index is -3.37. The van der Waals surface area contributed by atoms with Crippen molar-refractivity contribution in [1.82, 2.24) is 9.62 Å². The first-order valence-corrected chi connectivity index (χ1v) is 9.77. The van der Waals surface area contributed by atoms with E-state index in [0.717, 1.165) is 57.7 Å². The minimum absolute atomic E-state index is 0.128. The van der Waals surface area contributed by atoms with Crippen molar-refractivity contribution in [3.05, 3.63) is 24.3 Å². The molecule has 2 aliphatic rings. The van der Waals surface area contributed by atoms with E-state index in [0.29, 0.717) is 4.90 Å². The predicted molar refractivity (Wildman–Crippen MR) is 90.1 cm³/mol. The summed E-state index contributed by atoms with van der Waals surface area (Å²) < 4.78 is 27.1. The monoisotopic (exact) mass is 339 g/mol. The van der Waals surface area contributed by atoms with E-state index in [4.69, 9.17) is 5.11 Å². The molecule has 23 heavy (non-hydrogen) atoms. The normalized spacial score (nSPS) is 20.5. The number of sulfonamides is 1. The highest BCUT2D eigenvalue weighted by atomic mass is 32.2. The van der Waals surface area contributed by atoms with Gasteiger partial charge in [-0.25, -0.2) is 13.1 Å². The Hall–Kier alpha value is -1.15. The summed E-state index contributed by atoms with van der Waals surface area (Å²) in [6.07, 6.45) is 2.92. The van der Waals surface area contributed by atoms with Crippen LogP contribution in [-0.2, 0) is 10.0 Å². The van der Waals surface area contributed by atoms with E-state index >= 15 is 0 Å². The summed E-state index contributed by atoms with van der Waals surface area (Å²) in [5.74, 6) is 0. The summed E-state index contributed by atoms with van der Waals surface area (Å²) in [6, 6.07) is 7.29. The number of nitrogens with one attached hydrogen (secondary N) is 1. The van der Waals surface area contributed by atoms with Crippen molar-refractivity contribution in [1.29, 1.82) is 0 Å².